The van der Waals surface area contributed by atoms with E-state index in [0.29, 0.717) is 23.8 Å². The highest BCUT2D eigenvalue weighted by Crippen LogP contribution is 2.20. The molecule has 0 saturated heterocycles. The first-order valence-electron chi connectivity index (χ1n) is 12.4. The second-order valence-electron chi connectivity index (χ2n) is 8.91. The Balaban J connectivity index is 1.60. The fourth-order valence-electron chi connectivity index (χ4n) is 3.85. The van der Waals surface area contributed by atoms with E-state index in [4.69, 9.17) is 4.74 Å². The third kappa shape index (κ3) is 6.78. The molecule has 0 spiro atoms. The minimum Gasteiger partial charge on any atom is -0.453 e. The first kappa shape index (κ1) is 26.1. The minimum atomic E-state index is -0.956. The van der Waals surface area contributed by atoms with Gasteiger partial charge in [-0.15, -0.1) is 0 Å². The number of ether oxygens (including phenoxy) is 1. The molecule has 3 rings (SSSR count). The number of unbranched alkanes of at least 4 members (excludes halogenated alkanes) is 1. The van der Waals surface area contributed by atoms with Crippen molar-refractivity contribution in [2.45, 2.75) is 78.4 Å². The van der Waals surface area contributed by atoms with E-state index < -0.39 is 18.0 Å². The molecule has 186 valence electrons. The zero-order valence-corrected chi connectivity index (χ0v) is 21.0. The van der Waals surface area contributed by atoms with Crippen molar-refractivity contribution in [3.05, 3.63) is 70.1 Å². The number of nitrogens with one attached hydrogen (secondary N) is 1. The summed E-state index contributed by atoms with van der Waals surface area (Å²) in [5.74, 6) is -0.498. The van der Waals surface area contributed by atoms with Gasteiger partial charge >= 0.3 is 5.97 Å². The largest absolute Gasteiger partial charge is 0.453 e. The van der Waals surface area contributed by atoms with Crippen LogP contribution in [0.4, 0.5) is 5.69 Å². The molecule has 0 bridgehead atoms. The number of hydrogen-bond acceptors (Lipinski definition) is 5. The molecule has 0 aliphatic rings. The molecule has 0 radical (unpaired) electrons. The number of nitrogens with zero attached hydrogens (tertiary/aromatic N) is 2. The summed E-state index contributed by atoms with van der Waals surface area (Å²) >= 11 is 0. The predicted molar refractivity (Wildman–Crippen MR) is 139 cm³/mol. The van der Waals surface area contributed by atoms with E-state index in [2.05, 4.69) is 31.1 Å². The fourth-order valence-corrected chi connectivity index (χ4v) is 3.85. The number of benzene rings is 2. The molecule has 1 amide bonds. The molecule has 0 saturated carbocycles. The van der Waals surface area contributed by atoms with Crippen molar-refractivity contribution >= 4 is 28.6 Å². The molecule has 7 nitrogen and oxygen atoms in total. The van der Waals surface area contributed by atoms with Gasteiger partial charge < -0.3 is 14.6 Å². The predicted octanol–water partition coefficient (Wildman–Crippen LogP) is 5.21. The molecule has 1 aromatic heterocycles. The summed E-state index contributed by atoms with van der Waals surface area (Å²) in [5, 5.41) is 2.78. The molecule has 0 unspecified atom stereocenters. The zero-order chi connectivity index (χ0) is 25.4. The SMILES string of the molecule is CCCCn1c(=O)c(CCC(=O)O[C@@H](C)C(=O)Nc2ccc([C@@H](C)CC)cc2)nc2ccccc21. The quantitative estimate of drug-likeness (QED) is 0.383. The summed E-state index contributed by atoms with van der Waals surface area (Å²) in [6.07, 6.45) is 2.05. The number of esters is 1. The highest BCUT2D eigenvalue weighted by molar-refractivity contribution is 5.95. The van der Waals surface area contributed by atoms with Crippen molar-refractivity contribution in [1.29, 1.82) is 0 Å². The van der Waals surface area contributed by atoms with Gasteiger partial charge in [0.1, 0.15) is 5.69 Å². The summed E-state index contributed by atoms with van der Waals surface area (Å²) in [5.41, 5.74) is 3.52. The topological polar surface area (TPSA) is 90.3 Å². The molecule has 2 atom stereocenters. The Bertz CT molecular complexity index is 1220. The van der Waals surface area contributed by atoms with Crippen molar-refractivity contribution in [3.8, 4) is 0 Å². The average molecular weight is 478 g/mol. The molecule has 3 aromatic rings. The van der Waals surface area contributed by atoms with Gasteiger partial charge in [-0.1, -0.05) is 51.5 Å². The number of hydrogen-bond donors (Lipinski definition) is 1. The standard InChI is InChI=1S/C28H35N3O4/c1-5-7-18-31-25-11-9-8-10-23(25)30-24(28(31)34)16-17-26(32)35-20(4)27(33)29-22-14-12-21(13-15-22)19(3)6-2/h8-15,19-20H,5-7,16-18H2,1-4H3,(H,29,33)/t19-,20-/m0/s1. The average Bonchev–Trinajstić information content (AvgIpc) is 2.87. The molecule has 0 aliphatic carbocycles. The second-order valence-corrected chi connectivity index (χ2v) is 8.91. The first-order chi connectivity index (χ1) is 16.8. The third-order valence-electron chi connectivity index (χ3n) is 6.26. The maximum Gasteiger partial charge on any atom is 0.306 e. The van der Waals surface area contributed by atoms with Crippen molar-refractivity contribution in [2.24, 2.45) is 0 Å². The minimum absolute atomic E-state index is 0.0322. The van der Waals surface area contributed by atoms with E-state index in [1.54, 1.807) is 4.57 Å². The number of para-hydroxylation sites is 2. The maximum absolute atomic E-state index is 13.0. The van der Waals surface area contributed by atoms with E-state index in [1.807, 2.05) is 48.5 Å². The van der Waals surface area contributed by atoms with Gasteiger partial charge in [-0.3, -0.25) is 14.4 Å². The second kappa shape index (κ2) is 12.3. The summed E-state index contributed by atoms with van der Waals surface area (Å²) in [6, 6.07) is 15.2. The molecular weight excluding hydrogens is 442 g/mol. The summed E-state index contributed by atoms with van der Waals surface area (Å²) in [4.78, 5) is 42.4. The summed E-state index contributed by atoms with van der Waals surface area (Å²) < 4.78 is 7.05. The Morgan fingerprint density at radius 1 is 1.06 bits per heavy atom. The van der Waals surface area contributed by atoms with E-state index in [9.17, 15) is 14.4 Å². The molecular formula is C28H35N3O4. The van der Waals surface area contributed by atoms with Gasteiger partial charge in [-0.05, 0) is 55.5 Å². The number of carbonyl (C=O) groups is 2. The highest BCUT2D eigenvalue weighted by atomic mass is 16.5. The van der Waals surface area contributed by atoms with Gasteiger partial charge in [0.25, 0.3) is 11.5 Å². The van der Waals surface area contributed by atoms with Crippen LogP contribution in [0.15, 0.2) is 53.3 Å². The molecule has 7 heteroatoms. The molecule has 0 fully saturated rings. The smallest absolute Gasteiger partial charge is 0.306 e. The lowest BCUT2D eigenvalue weighted by Gasteiger charge is -2.15. The molecule has 1 heterocycles. The zero-order valence-electron chi connectivity index (χ0n) is 21.0. The van der Waals surface area contributed by atoms with Crippen LogP contribution in [-0.2, 0) is 27.3 Å². The lowest BCUT2D eigenvalue weighted by molar-refractivity contribution is -0.153. The van der Waals surface area contributed by atoms with Gasteiger partial charge in [0.15, 0.2) is 6.10 Å². The van der Waals surface area contributed by atoms with Gasteiger partial charge in [0.2, 0.25) is 0 Å². The van der Waals surface area contributed by atoms with Crippen LogP contribution >= 0.6 is 0 Å². The summed E-state index contributed by atoms with van der Waals surface area (Å²) in [7, 11) is 0. The van der Waals surface area contributed by atoms with Crippen LogP contribution in [0.1, 0.15) is 70.6 Å². The van der Waals surface area contributed by atoms with Crippen LogP contribution in [0.5, 0.6) is 0 Å². The summed E-state index contributed by atoms with van der Waals surface area (Å²) in [6.45, 7) is 8.50. The van der Waals surface area contributed by atoms with Crippen LogP contribution in [0.2, 0.25) is 0 Å². The van der Waals surface area contributed by atoms with Crippen LogP contribution in [0.25, 0.3) is 11.0 Å². The van der Waals surface area contributed by atoms with E-state index >= 15 is 0 Å². The van der Waals surface area contributed by atoms with Crippen molar-refractivity contribution in [2.75, 3.05) is 5.32 Å². The first-order valence-corrected chi connectivity index (χ1v) is 12.4. The van der Waals surface area contributed by atoms with E-state index in [-0.39, 0.29) is 18.4 Å². The lowest BCUT2D eigenvalue weighted by atomic mass is 9.99. The van der Waals surface area contributed by atoms with Crippen LogP contribution in [0, 0.1) is 0 Å². The van der Waals surface area contributed by atoms with Crippen LogP contribution in [0.3, 0.4) is 0 Å². The Kier molecular flexibility index (Phi) is 9.18. The number of fused-ring (bicyclic) bond motifs is 1. The number of amides is 1. The van der Waals surface area contributed by atoms with E-state index in [1.165, 1.54) is 12.5 Å². The van der Waals surface area contributed by atoms with Crippen LogP contribution in [-0.4, -0.2) is 27.5 Å². The molecule has 35 heavy (non-hydrogen) atoms. The highest BCUT2D eigenvalue weighted by Gasteiger charge is 2.19. The number of carbonyl (C=O) groups excluding carboxylic acids is 2. The maximum atomic E-state index is 13.0. The fraction of sp³-hybridized carbons (Fsp3) is 0.429. The Labute approximate surface area is 206 Å². The molecule has 1 N–H and O–H groups in total. The molecule has 0 aliphatic heterocycles. The lowest BCUT2D eigenvalue weighted by Crippen LogP contribution is -2.30. The van der Waals surface area contributed by atoms with Crippen molar-refractivity contribution in [1.82, 2.24) is 9.55 Å². The van der Waals surface area contributed by atoms with Gasteiger partial charge in [0.05, 0.1) is 17.5 Å². The number of anilines is 1. The van der Waals surface area contributed by atoms with Gasteiger partial charge in [-0.2, -0.15) is 0 Å². The van der Waals surface area contributed by atoms with E-state index in [0.717, 1.165) is 30.3 Å². The third-order valence-corrected chi connectivity index (χ3v) is 6.26. The van der Waals surface area contributed by atoms with Crippen molar-refractivity contribution < 1.29 is 14.3 Å². The number of aryl methyl sites for hydroxylation is 2. The van der Waals surface area contributed by atoms with Crippen molar-refractivity contribution in [3.63, 3.8) is 0 Å². The normalized spacial score (nSPS) is 12.8. The van der Waals surface area contributed by atoms with Gasteiger partial charge in [0, 0.05) is 18.7 Å². The Morgan fingerprint density at radius 2 is 1.77 bits per heavy atom. The number of aromatic nitrogens is 2. The molecule has 2 aromatic carbocycles. The van der Waals surface area contributed by atoms with Crippen LogP contribution < -0.4 is 10.9 Å². The monoisotopic (exact) mass is 477 g/mol. The number of rotatable bonds is 11. The Morgan fingerprint density at radius 3 is 2.46 bits per heavy atom. The Hall–Kier alpha value is -3.48. The van der Waals surface area contributed by atoms with Gasteiger partial charge in [-0.25, -0.2) is 4.98 Å².